The summed E-state index contributed by atoms with van der Waals surface area (Å²) in [6.45, 7) is 0.525. The molecule has 3 nitrogen and oxygen atoms in total. The van der Waals surface area contributed by atoms with Crippen molar-refractivity contribution in [2.24, 2.45) is 0 Å². The summed E-state index contributed by atoms with van der Waals surface area (Å²) in [5.41, 5.74) is 4.00. The maximum absolute atomic E-state index is 12.2. The molecule has 4 rings (SSSR count). The van der Waals surface area contributed by atoms with E-state index >= 15 is 0 Å². The summed E-state index contributed by atoms with van der Waals surface area (Å²) >= 11 is 0. The number of nitrogens with one attached hydrogen (secondary N) is 1. The number of para-hydroxylation sites is 1. The number of carbonyl (C=O) groups is 1. The minimum Gasteiger partial charge on any atom is -0.487 e. The van der Waals surface area contributed by atoms with Crippen LogP contribution in [0.4, 0.5) is 0 Å². The zero-order valence-corrected chi connectivity index (χ0v) is 12.3. The van der Waals surface area contributed by atoms with Gasteiger partial charge in [-0.3, -0.25) is 4.79 Å². The normalized spacial score (nSPS) is 14.1. The number of fused-ring (bicyclic) bond motifs is 3. The van der Waals surface area contributed by atoms with Gasteiger partial charge in [-0.2, -0.15) is 0 Å². The van der Waals surface area contributed by atoms with E-state index in [1.807, 2.05) is 48.5 Å². The van der Waals surface area contributed by atoms with Crippen molar-refractivity contribution < 1.29 is 9.53 Å². The van der Waals surface area contributed by atoms with E-state index in [1.165, 1.54) is 0 Å². The van der Waals surface area contributed by atoms with Crippen molar-refractivity contribution in [3.05, 3.63) is 65.4 Å². The van der Waals surface area contributed by atoms with Crippen molar-refractivity contribution in [1.29, 1.82) is 0 Å². The summed E-state index contributed by atoms with van der Waals surface area (Å²) in [5.74, 6) is 1.05. The number of aromatic nitrogens is 1. The van der Waals surface area contributed by atoms with Crippen molar-refractivity contribution in [2.75, 3.05) is 0 Å². The molecule has 3 heteroatoms. The van der Waals surface area contributed by atoms with Crippen LogP contribution in [0.15, 0.2) is 48.5 Å². The topological polar surface area (TPSA) is 42.1 Å². The fourth-order valence-electron chi connectivity index (χ4n) is 3.16. The molecular weight excluding hydrogens is 274 g/mol. The first-order valence-electron chi connectivity index (χ1n) is 7.66. The van der Waals surface area contributed by atoms with E-state index in [4.69, 9.17) is 4.74 Å². The molecule has 1 N–H and O–H groups in total. The lowest BCUT2D eigenvalue weighted by Crippen LogP contribution is -2.08. The first kappa shape index (κ1) is 13.1. The van der Waals surface area contributed by atoms with Crippen LogP contribution in [0.5, 0.6) is 5.75 Å². The summed E-state index contributed by atoms with van der Waals surface area (Å²) in [7, 11) is 0. The van der Waals surface area contributed by atoms with Gasteiger partial charge >= 0.3 is 0 Å². The number of Topliss-reactive ketones (excluding diaryl/α,β-unsaturated/α-hetero) is 1. The van der Waals surface area contributed by atoms with Gasteiger partial charge in [0.25, 0.3) is 0 Å². The molecule has 1 aliphatic rings. The summed E-state index contributed by atoms with van der Waals surface area (Å²) in [5, 5.41) is 0.991. The molecule has 0 saturated heterocycles. The molecule has 1 aromatic heterocycles. The van der Waals surface area contributed by atoms with Crippen LogP contribution >= 0.6 is 0 Å². The van der Waals surface area contributed by atoms with Gasteiger partial charge in [0.2, 0.25) is 0 Å². The molecule has 0 radical (unpaired) electrons. The summed E-state index contributed by atoms with van der Waals surface area (Å²) < 4.78 is 5.98. The van der Waals surface area contributed by atoms with Crippen LogP contribution in [0.2, 0.25) is 0 Å². The van der Waals surface area contributed by atoms with Gasteiger partial charge in [0.1, 0.15) is 12.4 Å². The number of benzene rings is 2. The number of aromatic amines is 1. The van der Waals surface area contributed by atoms with Gasteiger partial charge in [-0.25, -0.2) is 0 Å². The number of hydrogen-bond donors (Lipinski definition) is 1. The molecule has 1 aliphatic carbocycles. The van der Waals surface area contributed by atoms with Gasteiger partial charge in [-0.05, 0) is 24.5 Å². The smallest absolute Gasteiger partial charge is 0.165 e. The summed E-state index contributed by atoms with van der Waals surface area (Å²) in [4.78, 5) is 15.6. The van der Waals surface area contributed by atoms with E-state index in [1.54, 1.807) is 0 Å². The number of ether oxygens (including phenoxy) is 1. The van der Waals surface area contributed by atoms with Crippen molar-refractivity contribution in [3.8, 4) is 5.75 Å². The van der Waals surface area contributed by atoms with E-state index < -0.39 is 0 Å². The van der Waals surface area contributed by atoms with Gasteiger partial charge in [0.05, 0.1) is 5.52 Å². The van der Waals surface area contributed by atoms with Crippen molar-refractivity contribution >= 4 is 16.7 Å². The quantitative estimate of drug-likeness (QED) is 0.783. The predicted molar refractivity (Wildman–Crippen MR) is 86.3 cm³/mol. The van der Waals surface area contributed by atoms with Crippen LogP contribution in [0.25, 0.3) is 10.9 Å². The number of hydrogen-bond acceptors (Lipinski definition) is 2. The number of ketones is 1. The monoisotopic (exact) mass is 291 g/mol. The maximum Gasteiger partial charge on any atom is 0.165 e. The maximum atomic E-state index is 12.2. The molecule has 1 heterocycles. The fourth-order valence-corrected chi connectivity index (χ4v) is 3.16. The van der Waals surface area contributed by atoms with Crippen LogP contribution in [-0.2, 0) is 13.0 Å². The Bertz CT molecular complexity index is 833. The van der Waals surface area contributed by atoms with Crippen LogP contribution in [0.1, 0.15) is 34.5 Å². The molecule has 2 aromatic carbocycles. The molecule has 0 unspecified atom stereocenters. The lowest BCUT2D eigenvalue weighted by atomic mass is 9.94. The molecule has 22 heavy (non-hydrogen) atoms. The zero-order chi connectivity index (χ0) is 14.9. The molecule has 0 amide bonds. The predicted octanol–water partition coefficient (Wildman–Crippen LogP) is 4.27. The third-order valence-corrected chi connectivity index (χ3v) is 4.22. The first-order chi connectivity index (χ1) is 10.8. The van der Waals surface area contributed by atoms with Crippen LogP contribution in [-0.4, -0.2) is 10.8 Å². The standard InChI is InChI=1S/C19H17NO2/c21-16-10-5-9-15-18(16)14-8-4-11-17(19(14)20-15)22-12-13-6-2-1-3-7-13/h1-4,6-8,11,20H,5,9-10,12H2. The fraction of sp³-hybridized carbons (Fsp3) is 0.211. The molecule has 0 bridgehead atoms. The highest BCUT2D eigenvalue weighted by Gasteiger charge is 2.23. The average molecular weight is 291 g/mol. The molecular formula is C19H17NO2. The Balaban J connectivity index is 1.71. The Morgan fingerprint density at radius 2 is 1.86 bits per heavy atom. The molecule has 0 spiro atoms. The lowest BCUT2D eigenvalue weighted by Gasteiger charge is -2.09. The highest BCUT2D eigenvalue weighted by molar-refractivity contribution is 6.11. The van der Waals surface area contributed by atoms with Crippen molar-refractivity contribution in [2.45, 2.75) is 25.9 Å². The molecule has 0 saturated carbocycles. The van der Waals surface area contributed by atoms with Crippen molar-refractivity contribution in [1.82, 2.24) is 4.98 Å². The second kappa shape index (κ2) is 5.34. The van der Waals surface area contributed by atoms with Gasteiger partial charge in [-0.15, -0.1) is 0 Å². The van der Waals surface area contributed by atoms with E-state index in [9.17, 15) is 4.79 Å². The minimum absolute atomic E-state index is 0.243. The summed E-state index contributed by atoms with van der Waals surface area (Å²) in [6, 6.07) is 16.0. The van der Waals surface area contributed by atoms with E-state index in [0.717, 1.165) is 46.3 Å². The van der Waals surface area contributed by atoms with E-state index in [-0.39, 0.29) is 5.78 Å². The first-order valence-corrected chi connectivity index (χ1v) is 7.66. The highest BCUT2D eigenvalue weighted by atomic mass is 16.5. The number of rotatable bonds is 3. The lowest BCUT2D eigenvalue weighted by molar-refractivity contribution is 0.0974. The Morgan fingerprint density at radius 3 is 2.73 bits per heavy atom. The third kappa shape index (κ3) is 2.19. The number of aryl methyl sites for hydroxylation is 1. The van der Waals surface area contributed by atoms with E-state index in [0.29, 0.717) is 13.0 Å². The number of carbonyl (C=O) groups excluding carboxylic acids is 1. The summed E-state index contributed by atoms with van der Waals surface area (Å²) in [6.07, 6.45) is 2.52. The Labute approximate surface area is 128 Å². The average Bonchev–Trinajstić information content (AvgIpc) is 2.94. The van der Waals surface area contributed by atoms with Crippen LogP contribution in [0, 0.1) is 0 Å². The zero-order valence-electron chi connectivity index (χ0n) is 12.3. The molecule has 0 atom stereocenters. The van der Waals surface area contributed by atoms with Gasteiger partial charge < -0.3 is 9.72 Å². The second-order valence-electron chi connectivity index (χ2n) is 5.71. The minimum atomic E-state index is 0.243. The Hall–Kier alpha value is -2.55. The largest absolute Gasteiger partial charge is 0.487 e. The SMILES string of the molecule is O=C1CCCc2[nH]c3c(OCc4ccccc4)cccc3c21. The van der Waals surface area contributed by atoms with Gasteiger partial charge in [0.15, 0.2) is 5.78 Å². The van der Waals surface area contributed by atoms with Gasteiger partial charge in [0, 0.05) is 23.1 Å². The molecule has 110 valence electrons. The highest BCUT2D eigenvalue weighted by Crippen LogP contribution is 2.34. The Morgan fingerprint density at radius 1 is 1.00 bits per heavy atom. The van der Waals surface area contributed by atoms with E-state index in [2.05, 4.69) is 4.98 Å². The second-order valence-corrected chi connectivity index (χ2v) is 5.71. The third-order valence-electron chi connectivity index (χ3n) is 4.22. The van der Waals surface area contributed by atoms with Gasteiger partial charge in [-0.1, -0.05) is 42.5 Å². The Kier molecular flexibility index (Phi) is 3.19. The van der Waals surface area contributed by atoms with Crippen LogP contribution in [0.3, 0.4) is 0 Å². The van der Waals surface area contributed by atoms with Crippen molar-refractivity contribution in [3.63, 3.8) is 0 Å². The molecule has 0 fully saturated rings. The van der Waals surface area contributed by atoms with Crippen LogP contribution < -0.4 is 4.74 Å². The molecule has 0 aliphatic heterocycles. The molecule has 3 aromatic rings. The number of H-pyrrole nitrogens is 1.